The fourth-order valence-corrected chi connectivity index (χ4v) is 3.70. The van der Waals surface area contributed by atoms with Crippen molar-refractivity contribution in [3.8, 4) is 17.1 Å². The van der Waals surface area contributed by atoms with Crippen molar-refractivity contribution in [2.45, 2.75) is 44.3 Å². The molecule has 2 aromatic heterocycles. The molecule has 3 rings (SSSR count). The van der Waals surface area contributed by atoms with Crippen molar-refractivity contribution in [3.63, 3.8) is 0 Å². The number of nitrogens with zero attached hydrogens (tertiary/aromatic N) is 3. The Morgan fingerprint density at radius 2 is 2.04 bits per heavy atom. The third-order valence-corrected chi connectivity index (χ3v) is 5.49. The van der Waals surface area contributed by atoms with Gasteiger partial charge in [-0.05, 0) is 44.5 Å². The summed E-state index contributed by atoms with van der Waals surface area (Å²) in [5.41, 5.74) is 1.93. The number of methoxy groups -OCH3 is 1. The lowest BCUT2D eigenvalue weighted by molar-refractivity contribution is -0.120. The van der Waals surface area contributed by atoms with Gasteiger partial charge in [0.15, 0.2) is 11.0 Å². The van der Waals surface area contributed by atoms with E-state index < -0.39 is 0 Å². The molecule has 0 aliphatic heterocycles. The van der Waals surface area contributed by atoms with Crippen LogP contribution < -0.4 is 10.1 Å². The summed E-state index contributed by atoms with van der Waals surface area (Å²) >= 11 is 1.39. The summed E-state index contributed by atoms with van der Waals surface area (Å²) in [6.07, 6.45) is 1.64. The van der Waals surface area contributed by atoms with Gasteiger partial charge < -0.3 is 19.0 Å². The predicted octanol–water partition coefficient (Wildman–Crippen LogP) is 3.67. The Morgan fingerprint density at radius 1 is 1.29 bits per heavy atom. The lowest BCUT2D eigenvalue weighted by atomic mass is 10.2. The van der Waals surface area contributed by atoms with Crippen LogP contribution in [-0.2, 0) is 17.9 Å². The van der Waals surface area contributed by atoms with Gasteiger partial charge in [0.2, 0.25) is 5.91 Å². The standard InChI is InChI=1S/C20H24N4O3S/c1-5-24-18(17-10-11-27-13(17)2)22-23-20(24)28-14(3)19(25)21-12-15-6-8-16(26-4)9-7-15/h6-11,14H,5,12H2,1-4H3,(H,21,25)/t14-/m0/s1. The van der Waals surface area contributed by atoms with E-state index in [-0.39, 0.29) is 11.2 Å². The Bertz CT molecular complexity index is 933. The second-order valence-corrected chi connectivity index (χ2v) is 7.57. The van der Waals surface area contributed by atoms with E-state index in [1.165, 1.54) is 11.8 Å². The zero-order chi connectivity index (χ0) is 20.1. The maximum Gasteiger partial charge on any atom is 0.233 e. The van der Waals surface area contributed by atoms with E-state index >= 15 is 0 Å². The number of furan rings is 1. The van der Waals surface area contributed by atoms with Gasteiger partial charge in [0.25, 0.3) is 0 Å². The first-order chi connectivity index (χ1) is 13.5. The minimum atomic E-state index is -0.300. The molecule has 1 amide bonds. The van der Waals surface area contributed by atoms with Gasteiger partial charge in [-0.25, -0.2) is 0 Å². The van der Waals surface area contributed by atoms with E-state index in [1.807, 2.05) is 55.7 Å². The molecule has 2 heterocycles. The maximum atomic E-state index is 12.5. The number of carbonyl (C=O) groups is 1. The molecule has 0 saturated heterocycles. The zero-order valence-corrected chi connectivity index (χ0v) is 17.2. The van der Waals surface area contributed by atoms with Gasteiger partial charge in [0.05, 0.1) is 24.2 Å². The van der Waals surface area contributed by atoms with Gasteiger partial charge in [0, 0.05) is 13.1 Å². The molecule has 0 spiro atoms. The Labute approximate surface area is 168 Å². The van der Waals surface area contributed by atoms with Crippen LogP contribution in [0.25, 0.3) is 11.4 Å². The van der Waals surface area contributed by atoms with Crippen LogP contribution in [0.4, 0.5) is 0 Å². The number of ether oxygens (including phenoxy) is 1. The number of aryl methyl sites for hydroxylation is 1. The van der Waals surface area contributed by atoms with E-state index in [4.69, 9.17) is 9.15 Å². The Kier molecular flexibility index (Phi) is 6.41. The second kappa shape index (κ2) is 8.97. The monoisotopic (exact) mass is 400 g/mol. The summed E-state index contributed by atoms with van der Waals surface area (Å²) in [5.74, 6) is 2.29. The second-order valence-electron chi connectivity index (χ2n) is 6.27. The number of benzene rings is 1. The number of rotatable bonds is 8. The molecular formula is C20H24N4O3S. The summed E-state index contributed by atoms with van der Waals surface area (Å²) in [5, 5.41) is 12.0. The van der Waals surface area contributed by atoms with Crippen LogP contribution in [0.2, 0.25) is 0 Å². The Balaban J connectivity index is 1.63. The minimum absolute atomic E-state index is 0.0486. The van der Waals surface area contributed by atoms with E-state index in [1.54, 1.807) is 13.4 Å². The Morgan fingerprint density at radius 3 is 2.64 bits per heavy atom. The number of nitrogens with one attached hydrogen (secondary N) is 1. The molecule has 3 aromatic rings. The summed E-state index contributed by atoms with van der Waals surface area (Å²) in [7, 11) is 1.63. The van der Waals surface area contributed by atoms with Crippen molar-refractivity contribution in [1.82, 2.24) is 20.1 Å². The molecule has 148 valence electrons. The highest BCUT2D eigenvalue weighted by atomic mass is 32.2. The summed E-state index contributed by atoms with van der Waals surface area (Å²) in [6.45, 7) is 6.96. The summed E-state index contributed by atoms with van der Waals surface area (Å²) in [4.78, 5) is 12.5. The highest BCUT2D eigenvalue weighted by Crippen LogP contribution is 2.29. The van der Waals surface area contributed by atoms with Crippen molar-refractivity contribution < 1.29 is 13.9 Å². The molecule has 0 aliphatic carbocycles. The molecule has 0 bridgehead atoms. The van der Waals surface area contributed by atoms with Crippen LogP contribution >= 0.6 is 11.8 Å². The van der Waals surface area contributed by atoms with Crippen molar-refractivity contribution >= 4 is 17.7 Å². The SMILES string of the molecule is CCn1c(S[C@@H](C)C(=O)NCc2ccc(OC)cc2)nnc1-c1ccoc1C. The lowest BCUT2D eigenvalue weighted by Gasteiger charge is -2.13. The van der Waals surface area contributed by atoms with Crippen molar-refractivity contribution in [2.75, 3.05) is 7.11 Å². The number of thioether (sulfide) groups is 1. The number of carbonyl (C=O) groups excluding carboxylic acids is 1. The fraction of sp³-hybridized carbons (Fsp3) is 0.350. The van der Waals surface area contributed by atoms with Crippen LogP contribution in [-0.4, -0.2) is 33.0 Å². The minimum Gasteiger partial charge on any atom is -0.497 e. The first-order valence-corrected chi connectivity index (χ1v) is 9.96. The van der Waals surface area contributed by atoms with Crippen molar-refractivity contribution in [1.29, 1.82) is 0 Å². The highest BCUT2D eigenvalue weighted by molar-refractivity contribution is 8.00. The first-order valence-electron chi connectivity index (χ1n) is 9.08. The van der Waals surface area contributed by atoms with Crippen molar-refractivity contribution in [2.24, 2.45) is 0 Å². The van der Waals surface area contributed by atoms with Crippen LogP contribution in [0.5, 0.6) is 5.75 Å². The summed E-state index contributed by atoms with van der Waals surface area (Å²) in [6, 6.07) is 9.50. The molecule has 0 radical (unpaired) electrons. The number of hydrogen-bond acceptors (Lipinski definition) is 6. The predicted molar refractivity (Wildman–Crippen MR) is 108 cm³/mol. The fourth-order valence-electron chi connectivity index (χ4n) is 2.77. The third kappa shape index (κ3) is 4.39. The largest absolute Gasteiger partial charge is 0.497 e. The highest BCUT2D eigenvalue weighted by Gasteiger charge is 2.21. The number of amides is 1. The normalized spacial score (nSPS) is 12.0. The third-order valence-electron chi connectivity index (χ3n) is 4.41. The van der Waals surface area contributed by atoms with E-state index in [2.05, 4.69) is 15.5 Å². The smallest absolute Gasteiger partial charge is 0.233 e. The zero-order valence-electron chi connectivity index (χ0n) is 16.4. The van der Waals surface area contributed by atoms with Crippen LogP contribution in [0.15, 0.2) is 46.2 Å². The van der Waals surface area contributed by atoms with Gasteiger partial charge in [-0.15, -0.1) is 10.2 Å². The Hall–Kier alpha value is -2.74. The molecule has 7 nitrogen and oxygen atoms in total. The van der Waals surface area contributed by atoms with Gasteiger partial charge >= 0.3 is 0 Å². The average Bonchev–Trinajstić information content (AvgIpc) is 3.31. The molecule has 8 heteroatoms. The van der Waals surface area contributed by atoms with Crippen LogP contribution in [0, 0.1) is 6.92 Å². The molecule has 1 aromatic carbocycles. The lowest BCUT2D eigenvalue weighted by Crippen LogP contribution is -2.30. The molecule has 1 N–H and O–H groups in total. The number of hydrogen-bond donors (Lipinski definition) is 1. The maximum absolute atomic E-state index is 12.5. The van der Waals surface area contributed by atoms with Gasteiger partial charge in [0.1, 0.15) is 11.5 Å². The topological polar surface area (TPSA) is 82.2 Å². The average molecular weight is 401 g/mol. The molecular weight excluding hydrogens is 376 g/mol. The molecule has 0 unspecified atom stereocenters. The van der Waals surface area contributed by atoms with E-state index in [0.717, 1.165) is 28.5 Å². The van der Waals surface area contributed by atoms with E-state index in [0.29, 0.717) is 18.2 Å². The van der Waals surface area contributed by atoms with Crippen LogP contribution in [0.3, 0.4) is 0 Å². The van der Waals surface area contributed by atoms with E-state index in [9.17, 15) is 4.79 Å². The van der Waals surface area contributed by atoms with Gasteiger partial charge in [-0.3, -0.25) is 4.79 Å². The molecule has 0 aliphatic rings. The van der Waals surface area contributed by atoms with Crippen LogP contribution in [0.1, 0.15) is 25.2 Å². The van der Waals surface area contributed by atoms with Gasteiger partial charge in [-0.1, -0.05) is 23.9 Å². The van der Waals surface area contributed by atoms with Gasteiger partial charge in [-0.2, -0.15) is 0 Å². The van der Waals surface area contributed by atoms with Crippen molar-refractivity contribution in [3.05, 3.63) is 47.9 Å². The molecule has 28 heavy (non-hydrogen) atoms. The molecule has 0 saturated carbocycles. The first kappa shape index (κ1) is 20.0. The molecule has 1 atom stereocenters. The molecule has 0 fully saturated rings. The number of aromatic nitrogens is 3. The quantitative estimate of drug-likeness (QED) is 0.581. The summed E-state index contributed by atoms with van der Waals surface area (Å²) < 4.78 is 12.5.